The normalized spacial score (nSPS) is 9.77. The zero-order chi connectivity index (χ0) is 9.84. The van der Waals surface area contributed by atoms with E-state index in [0.717, 1.165) is 0 Å². The second kappa shape index (κ2) is 3.90. The SMILES string of the molecule is C#Cc1cccc(C)c1OC(F)F. The molecule has 0 aliphatic heterocycles. The Labute approximate surface area is 75.3 Å². The van der Waals surface area contributed by atoms with E-state index in [1.54, 1.807) is 25.1 Å². The molecule has 0 fully saturated rings. The minimum absolute atomic E-state index is 0.0833. The molecule has 0 saturated carbocycles. The number of benzene rings is 1. The van der Waals surface area contributed by atoms with Crippen molar-refractivity contribution in [1.82, 2.24) is 0 Å². The van der Waals surface area contributed by atoms with Gasteiger partial charge in [0.05, 0.1) is 5.56 Å². The van der Waals surface area contributed by atoms with Gasteiger partial charge in [0.15, 0.2) is 0 Å². The zero-order valence-electron chi connectivity index (χ0n) is 7.05. The van der Waals surface area contributed by atoms with E-state index in [4.69, 9.17) is 6.42 Å². The lowest BCUT2D eigenvalue weighted by molar-refractivity contribution is -0.0504. The van der Waals surface area contributed by atoms with Crippen molar-refractivity contribution in [1.29, 1.82) is 0 Å². The van der Waals surface area contributed by atoms with Crippen LogP contribution < -0.4 is 4.74 Å². The summed E-state index contributed by atoms with van der Waals surface area (Å²) in [6.07, 6.45) is 5.12. The Hall–Kier alpha value is -1.56. The van der Waals surface area contributed by atoms with E-state index in [1.165, 1.54) is 0 Å². The smallest absolute Gasteiger partial charge is 0.387 e. The highest BCUT2D eigenvalue weighted by molar-refractivity contribution is 5.49. The first kappa shape index (κ1) is 9.53. The number of para-hydroxylation sites is 1. The van der Waals surface area contributed by atoms with Gasteiger partial charge in [0.1, 0.15) is 5.75 Å². The van der Waals surface area contributed by atoms with Crippen molar-refractivity contribution in [2.75, 3.05) is 0 Å². The van der Waals surface area contributed by atoms with Crippen LogP contribution >= 0.6 is 0 Å². The lowest BCUT2D eigenvalue weighted by atomic mass is 10.1. The van der Waals surface area contributed by atoms with Gasteiger partial charge in [-0.25, -0.2) is 0 Å². The fourth-order valence-electron chi connectivity index (χ4n) is 1.01. The van der Waals surface area contributed by atoms with Gasteiger partial charge in [-0.15, -0.1) is 6.42 Å². The number of hydrogen-bond acceptors (Lipinski definition) is 1. The first-order valence-electron chi connectivity index (χ1n) is 3.66. The van der Waals surface area contributed by atoms with Gasteiger partial charge < -0.3 is 4.74 Å². The Morgan fingerprint density at radius 1 is 1.46 bits per heavy atom. The molecule has 0 aliphatic rings. The molecule has 68 valence electrons. The molecule has 0 unspecified atom stereocenters. The van der Waals surface area contributed by atoms with Gasteiger partial charge in [0, 0.05) is 0 Å². The topological polar surface area (TPSA) is 9.23 Å². The highest BCUT2D eigenvalue weighted by Gasteiger charge is 2.10. The molecule has 0 heterocycles. The van der Waals surface area contributed by atoms with Crippen molar-refractivity contribution in [3.8, 4) is 18.1 Å². The summed E-state index contributed by atoms with van der Waals surface area (Å²) >= 11 is 0. The second-order valence-electron chi connectivity index (χ2n) is 2.47. The van der Waals surface area contributed by atoms with Crippen LogP contribution in [-0.2, 0) is 0 Å². The summed E-state index contributed by atoms with van der Waals surface area (Å²) < 4.78 is 28.1. The number of rotatable bonds is 2. The van der Waals surface area contributed by atoms with Crippen molar-refractivity contribution < 1.29 is 13.5 Å². The van der Waals surface area contributed by atoms with Crippen molar-refractivity contribution in [3.63, 3.8) is 0 Å². The number of hydrogen-bond donors (Lipinski definition) is 0. The zero-order valence-corrected chi connectivity index (χ0v) is 7.05. The monoisotopic (exact) mass is 182 g/mol. The molecule has 0 atom stereocenters. The van der Waals surface area contributed by atoms with Gasteiger partial charge in [-0.3, -0.25) is 0 Å². The highest BCUT2D eigenvalue weighted by atomic mass is 19.3. The van der Waals surface area contributed by atoms with Crippen LogP contribution in [0.1, 0.15) is 11.1 Å². The van der Waals surface area contributed by atoms with E-state index < -0.39 is 6.61 Å². The molecule has 0 N–H and O–H groups in total. The largest absolute Gasteiger partial charge is 0.433 e. The lowest BCUT2D eigenvalue weighted by Gasteiger charge is -2.09. The van der Waals surface area contributed by atoms with E-state index in [2.05, 4.69) is 10.7 Å². The molecular weight excluding hydrogens is 174 g/mol. The second-order valence-corrected chi connectivity index (χ2v) is 2.47. The van der Waals surface area contributed by atoms with E-state index in [-0.39, 0.29) is 5.75 Å². The molecule has 0 spiro atoms. The van der Waals surface area contributed by atoms with E-state index in [0.29, 0.717) is 11.1 Å². The third kappa shape index (κ3) is 2.19. The number of terminal acetylenes is 1. The average molecular weight is 182 g/mol. The summed E-state index contributed by atoms with van der Waals surface area (Å²) in [5.41, 5.74) is 0.955. The number of alkyl halides is 2. The Morgan fingerprint density at radius 2 is 2.15 bits per heavy atom. The standard InChI is InChI=1S/C10H8F2O/c1-3-8-6-4-5-7(2)9(8)13-10(11)12/h1,4-6,10H,2H3. The molecule has 1 rings (SSSR count). The van der Waals surface area contributed by atoms with Crippen molar-refractivity contribution in [2.45, 2.75) is 13.5 Å². The minimum Gasteiger partial charge on any atom is -0.433 e. The van der Waals surface area contributed by atoms with Crippen LogP contribution in [0.2, 0.25) is 0 Å². The van der Waals surface area contributed by atoms with Gasteiger partial charge >= 0.3 is 6.61 Å². The van der Waals surface area contributed by atoms with Crippen LogP contribution in [0.3, 0.4) is 0 Å². The minimum atomic E-state index is -2.84. The Kier molecular flexibility index (Phi) is 2.86. The summed E-state index contributed by atoms with van der Waals surface area (Å²) in [5.74, 6) is 2.37. The van der Waals surface area contributed by atoms with Gasteiger partial charge in [0.2, 0.25) is 0 Å². The van der Waals surface area contributed by atoms with Crippen molar-refractivity contribution >= 4 is 0 Å². The maximum absolute atomic E-state index is 11.9. The van der Waals surface area contributed by atoms with Crippen LogP contribution in [-0.4, -0.2) is 6.61 Å². The van der Waals surface area contributed by atoms with Gasteiger partial charge in [-0.1, -0.05) is 18.1 Å². The molecule has 13 heavy (non-hydrogen) atoms. The highest BCUT2D eigenvalue weighted by Crippen LogP contribution is 2.24. The summed E-state index contributed by atoms with van der Waals surface area (Å²) in [6, 6.07) is 4.92. The fourth-order valence-corrected chi connectivity index (χ4v) is 1.01. The first-order valence-corrected chi connectivity index (χ1v) is 3.66. The fraction of sp³-hybridized carbons (Fsp3) is 0.200. The third-order valence-corrected chi connectivity index (χ3v) is 1.57. The molecule has 1 aromatic carbocycles. The molecule has 0 bridgehead atoms. The molecule has 0 aliphatic carbocycles. The lowest BCUT2D eigenvalue weighted by Crippen LogP contribution is -2.04. The van der Waals surface area contributed by atoms with Gasteiger partial charge in [-0.05, 0) is 18.6 Å². The third-order valence-electron chi connectivity index (χ3n) is 1.57. The average Bonchev–Trinajstić information content (AvgIpc) is 2.08. The molecule has 1 aromatic rings. The summed E-state index contributed by atoms with van der Waals surface area (Å²) in [7, 11) is 0. The molecule has 0 aromatic heterocycles. The Bertz CT molecular complexity index is 339. The van der Waals surface area contributed by atoms with E-state index >= 15 is 0 Å². The number of aryl methyl sites for hydroxylation is 1. The van der Waals surface area contributed by atoms with Crippen LogP contribution in [0.15, 0.2) is 18.2 Å². The first-order chi connectivity index (χ1) is 6.15. The van der Waals surface area contributed by atoms with Crippen LogP contribution in [0.4, 0.5) is 8.78 Å². The van der Waals surface area contributed by atoms with Crippen molar-refractivity contribution in [3.05, 3.63) is 29.3 Å². The molecule has 0 saturated heterocycles. The molecule has 0 radical (unpaired) electrons. The van der Waals surface area contributed by atoms with Crippen LogP contribution in [0.25, 0.3) is 0 Å². The van der Waals surface area contributed by atoms with E-state index in [9.17, 15) is 8.78 Å². The van der Waals surface area contributed by atoms with Gasteiger partial charge in [0.25, 0.3) is 0 Å². The molecular formula is C10H8F2O. The predicted molar refractivity (Wildman–Crippen MR) is 45.7 cm³/mol. The Balaban J connectivity index is 3.10. The predicted octanol–water partition coefficient (Wildman–Crippen LogP) is 2.58. The summed E-state index contributed by atoms with van der Waals surface area (Å²) in [4.78, 5) is 0. The molecule has 3 heteroatoms. The molecule has 0 amide bonds. The van der Waals surface area contributed by atoms with Crippen molar-refractivity contribution in [2.24, 2.45) is 0 Å². The Morgan fingerprint density at radius 3 is 2.69 bits per heavy atom. The summed E-state index contributed by atoms with van der Waals surface area (Å²) in [6.45, 7) is -1.17. The quantitative estimate of drug-likeness (QED) is 0.639. The maximum Gasteiger partial charge on any atom is 0.387 e. The van der Waals surface area contributed by atoms with E-state index in [1.807, 2.05) is 0 Å². The molecule has 1 nitrogen and oxygen atoms in total. The van der Waals surface area contributed by atoms with Crippen LogP contribution in [0.5, 0.6) is 5.75 Å². The van der Waals surface area contributed by atoms with Crippen LogP contribution in [0, 0.1) is 19.3 Å². The number of ether oxygens (including phenoxy) is 1. The van der Waals surface area contributed by atoms with Gasteiger partial charge in [-0.2, -0.15) is 8.78 Å². The summed E-state index contributed by atoms with van der Waals surface area (Å²) in [5, 5.41) is 0. The number of halogens is 2. The maximum atomic E-state index is 11.9.